The first-order valence-electron chi connectivity index (χ1n) is 6.28. The van der Waals surface area contributed by atoms with Crippen molar-refractivity contribution in [2.24, 2.45) is 5.41 Å². The van der Waals surface area contributed by atoms with Crippen LogP contribution in [0, 0.1) is 5.41 Å². The Morgan fingerprint density at radius 1 is 1.32 bits per heavy atom. The van der Waals surface area contributed by atoms with Gasteiger partial charge in [0.15, 0.2) is 0 Å². The average molecular weight is 276 g/mol. The van der Waals surface area contributed by atoms with Crippen molar-refractivity contribution in [3.8, 4) is 0 Å². The molecule has 0 unspecified atom stereocenters. The van der Waals surface area contributed by atoms with Crippen molar-refractivity contribution in [2.75, 3.05) is 12.4 Å². The number of benzene rings is 1. The Hall–Kier alpha value is -1.68. The third kappa shape index (κ3) is 2.40. The zero-order valence-electron chi connectivity index (χ0n) is 10.4. The third-order valence-corrected chi connectivity index (χ3v) is 4.17. The number of amides is 1. The standard InChI is InChI=1S/C14H14ClN3O/c15-8-14(4-5-14)9-18-13(19)10-2-1-3-11-12(10)17-7-6-16-11/h1-3,6-7H,4-5,8-9H2,(H,18,19). The Morgan fingerprint density at radius 2 is 2.11 bits per heavy atom. The predicted molar refractivity (Wildman–Crippen MR) is 74.3 cm³/mol. The minimum Gasteiger partial charge on any atom is -0.351 e. The van der Waals surface area contributed by atoms with Gasteiger partial charge in [0, 0.05) is 30.2 Å². The number of nitrogens with one attached hydrogen (secondary N) is 1. The molecule has 1 saturated carbocycles. The van der Waals surface area contributed by atoms with Crippen molar-refractivity contribution >= 4 is 28.5 Å². The van der Waals surface area contributed by atoms with E-state index in [1.165, 1.54) is 0 Å². The Labute approximate surface area is 116 Å². The van der Waals surface area contributed by atoms with E-state index < -0.39 is 0 Å². The maximum absolute atomic E-state index is 12.2. The van der Waals surface area contributed by atoms with Gasteiger partial charge in [0.1, 0.15) is 5.52 Å². The summed E-state index contributed by atoms with van der Waals surface area (Å²) in [5, 5.41) is 2.95. The first-order chi connectivity index (χ1) is 9.24. The van der Waals surface area contributed by atoms with Gasteiger partial charge in [-0.3, -0.25) is 14.8 Å². The molecule has 0 atom stereocenters. The average Bonchev–Trinajstić information content (AvgIpc) is 3.25. The number of carbonyl (C=O) groups excluding carboxylic acids is 1. The second-order valence-electron chi connectivity index (χ2n) is 5.05. The van der Waals surface area contributed by atoms with Crippen LogP contribution in [0.4, 0.5) is 0 Å². The van der Waals surface area contributed by atoms with Gasteiger partial charge in [-0.1, -0.05) is 6.07 Å². The van der Waals surface area contributed by atoms with E-state index in [0.29, 0.717) is 23.5 Å². The highest BCUT2D eigenvalue weighted by Crippen LogP contribution is 2.45. The summed E-state index contributed by atoms with van der Waals surface area (Å²) in [4.78, 5) is 20.7. The summed E-state index contributed by atoms with van der Waals surface area (Å²) in [6.07, 6.45) is 5.40. The van der Waals surface area contributed by atoms with Gasteiger partial charge in [0.05, 0.1) is 11.1 Å². The number of rotatable bonds is 4. The molecule has 0 aliphatic heterocycles. The van der Waals surface area contributed by atoms with E-state index in [9.17, 15) is 4.79 Å². The van der Waals surface area contributed by atoms with Gasteiger partial charge in [-0.25, -0.2) is 0 Å². The van der Waals surface area contributed by atoms with Gasteiger partial charge in [0.25, 0.3) is 5.91 Å². The van der Waals surface area contributed by atoms with Crippen LogP contribution < -0.4 is 5.32 Å². The molecule has 98 valence electrons. The number of nitrogens with zero attached hydrogens (tertiary/aromatic N) is 2. The Morgan fingerprint density at radius 3 is 2.84 bits per heavy atom. The van der Waals surface area contributed by atoms with Crippen molar-refractivity contribution in [3.05, 3.63) is 36.2 Å². The van der Waals surface area contributed by atoms with Gasteiger partial charge in [-0.15, -0.1) is 11.6 Å². The fraction of sp³-hybridized carbons (Fsp3) is 0.357. The molecule has 1 heterocycles. The van der Waals surface area contributed by atoms with Gasteiger partial charge in [-0.05, 0) is 25.0 Å². The first kappa shape index (κ1) is 12.4. The first-order valence-corrected chi connectivity index (χ1v) is 6.81. The monoisotopic (exact) mass is 275 g/mol. The van der Waals surface area contributed by atoms with E-state index in [1.807, 2.05) is 12.1 Å². The molecule has 1 N–H and O–H groups in total. The summed E-state index contributed by atoms with van der Waals surface area (Å²) < 4.78 is 0. The molecular weight excluding hydrogens is 262 g/mol. The van der Waals surface area contributed by atoms with E-state index in [0.717, 1.165) is 18.4 Å². The van der Waals surface area contributed by atoms with Crippen LogP contribution in [0.15, 0.2) is 30.6 Å². The lowest BCUT2D eigenvalue weighted by Gasteiger charge is -2.12. The lowest BCUT2D eigenvalue weighted by atomic mass is 10.1. The Balaban J connectivity index is 1.82. The molecule has 0 saturated heterocycles. The fourth-order valence-corrected chi connectivity index (χ4v) is 2.44. The predicted octanol–water partition coefficient (Wildman–Crippen LogP) is 2.38. The van der Waals surface area contributed by atoms with Crippen molar-refractivity contribution in [2.45, 2.75) is 12.8 Å². The highest BCUT2D eigenvalue weighted by Gasteiger charge is 2.41. The van der Waals surface area contributed by atoms with Crippen LogP contribution in [0.25, 0.3) is 11.0 Å². The molecule has 1 aliphatic carbocycles. The van der Waals surface area contributed by atoms with Crippen LogP contribution in [0.1, 0.15) is 23.2 Å². The molecular formula is C14H14ClN3O. The van der Waals surface area contributed by atoms with Crippen LogP contribution in [0.2, 0.25) is 0 Å². The molecule has 1 fully saturated rings. The van der Waals surface area contributed by atoms with Crippen LogP contribution in [-0.4, -0.2) is 28.3 Å². The molecule has 1 amide bonds. The molecule has 2 aromatic rings. The second-order valence-corrected chi connectivity index (χ2v) is 5.31. The summed E-state index contributed by atoms with van der Waals surface area (Å²) in [5.41, 5.74) is 2.05. The number of halogens is 1. The van der Waals surface area contributed by atoms with E-state index in [1.54, 1.807) is 18.5 Å². The SMILES string of the molecule is O=C(NCC1(CCl)CC1)c1cccc2nccnc12. The summed E-state index contributed by atoms with van der Waals surface area (Å²) >= 11 is 5.91. The van der Waals surface area contributed by atoms with Gasteiger partial charge in [0.2, 0.25) is 0 Å². The van der Waals surface area contributed by atoms with Crippen LogP contribution in [-0.2, 0) is 0 Å². The lowest BCUT2D eigenvalue weighted by Crippen LogP contribution is -2.31. The van der Waals surface area contributed by atoms with Crippen LogP contribution in [0.3, 0.4) is 0 Å². The summed E-state index contributed by atoms with van der Waals surface area (Å²) in [5.74, 6) is 0.491. The number of para-hydroxylation sites is 1. The fourth-order valence-electron chi connectivity index (χ4n) is 2.07. The molecule has 1 aliphatic rings. The van der Waals surface area contributed by atoms with E-state index in [2.05, 4.69) is 15.3 Å². The number of hydrogen-bond donors (Lipinski definition) is 1. The quantitative estimate of drug-likeness (QED) is 0.872. The molecule has 0 bridgehead atoms. The molecule has 0 spiro atoms. The number of fused-ring (bicyclic) bond motifs is 1. The van der Waals surface area contributed by atoms with Crippen molar-refractivity contribution < 1.29 is 4.79 Å². The topological polar surface area (TPSA) is 54.9 Å². The minimum absolute atomic E-state index is 0.109. The maximum atomic E-state index is 12.2. The number of hydrogen-bond acceptors (Lipinski definition) is 3. The summed E-state index contributed by atoms with van der Waals surface area (Å²) in [7, 11) is 0. The smallest absolute Gasteiger partial charge is 0.253 e. The number of alkyl halides is 1. The number of carbonyl (C=O) groups is 1. The highest BCUT2D eigenvalue weighted by molar-refractivity contribution is 6.18. The maximum Gasteiger partial charge on any atom is 0.253 e. The molecule has 4 nitrogen and oxygen atoms in total. The van der Waals surface area contributed by atoms with Crippen LogP contribution >= 0.6 is 11.6 Å². The minimum atomic E-state index is -0.109. The van der Waals surface area contributed by atoms with E-state index in [4.69, 9.17) is 11.6 Å². The van der Waals surface area contributed by atoms with E-state index >= 15 is 0 Å². The van der Waals surface area contributed by atoms with Crippen molar-refractivity contribution in [3.63, 3.8) is 0 Å². The van der Waals surface area contributed by atoms with Crippen LogP contribution in [0.5, 0.6) is 0 Å². The Kier molecular flexibility index (Phi) is 3.11. The third-order valence-electron chi connectivity index (χ3n) is 3.61. The summed E-state index contributed by atoms with van der Waals surface area (Å²) in [6, 6.07) is 5.44. The molecule has 5 heteroatoms. The second kappa shape index (κ2) is 4.78. The van der Waals surface area contributed by atoms with Crippen molar-refractivity contribution in [1.29, 1.82) is 0 Å². The van der Waals surface area contributed by atoms with Gasteiger partial charge in [-0.2, -0.15) is 0 Å². The molecule has 0 radical (unpaired) electrons. The van der Waals surface area contributed by atoms with E-state index in [-0.39, 0.29) is 11.3 Å². The largest absolute Gasteiger partial charge is 0.351 e. The van der Waals surface area contributed by atoms with Gasteiger partial charge >= 0.3 is 0 Å². The summed E-state index contributed by atoms with van der Waals surface area (Å²) in [6.45, 7) is 0.631. The lowest BCUT2D eigenvalue weighted by molar-refractivity contribution is 0.0948. The normalized spacial score (nSPS) is 16.3. The molecule has 1 aromatic heterocycles. The zero-order valence-corrected chi connectivity index (χ0v) is 11.2. The molecule has 19 heavy (non-hydrogen) atoms. The zero-order chi connectivity index (χ0) is 13.3. The van der Waals surface area contributed by atoms with Gasteiger partial charge < -0.3 is 5.32 Å². The molecule has 3 rings (SSSR count). The Bertz CT molecular complexity index is 620. The number of aromatic nitrogens is 2. The highest BCUT2D eigenvalue weighted by atomic mass is 35.5. The molecule has 1 aromatic carbocycles. The van der Waals surface area contributed by atoms with Crippen molar-refractivity contribution in [1.82, 2.24) is 15.3 Å².